The Kier molecular flexibility index (Phi) is 15.8. The van der Waals surface area contributed by atoms with Crippen LogP contribution < -0.4 is 45.5 Å². The van der Waals surface area contributed by atoms with Crippen LogP contribution >= 0.6 is 0 Å². The van der Waals surface area contributed by atoms with Crippen molar-refractivity contribution < 1.29 is 17.7 Å². The first-order valence-corrected chi connectivity index (χ1v) is 45.3. The average Bonchev–Trinajstić information content (AvgIpc) is 0.862. The zero-order valence-electron chi connectivity index (χ0n) is 79.5. The van der Waals surface area contributed by atoms with Gasteiger partial charge in [-0.25, -0.2) is 0 Å². The number of rotatable bonds is 11. The van der Waals surface area contributed by atoms with Crippen molar-refractivity contribution in [1.82, 2.24) is 13.7 Å². The number of benzene rings is 19. The number of fused-ring (bicyclic) bond motifs is 17. The monoisotopic (exact) mass is 1700 g/mol. The molecule has 0 saturated carbocycles. The van der Waals surface area contributed by atoms with Crippen LogP contribution in [0.4, 0.5) is 68.2 Å². The molecule has 22 aromatic rings. The largest absolute Gasteiger partial charge is 0.453 e. The van der Waals surface area contributed by atoms with Crippen molar-refractivity contribution in [2.24, 2.45) is 0 Å². The minimum Gasteiger partial charge on any atom is -0.453 e. The molecular formula is C122H88BN7O2. The van der Waals surface area contributed by atoms with Crippen molar-refractivity contribution in [3.8, 4) is 84.6 Å². The summed E-state index contributed by atoms with van der Waals surface area (Å²) in [4.78, 5) is 9.03. The summed E-state index contributed by atoms with van der Waals surface area (Å²) >= 11 is 0. The summed E-state index contributed by atoms with van der Waals surface area (Å²) in [5.74, 6) is 2.84. The van der Waals surface area contributed by atoms with E-state index in [4.69, 9.17) is 9.47 Å². The Balaban J connectivity index is 0.851. The van der Waals surface area contributed by atoms with Gasteiger partial charge in [-0.1, -0.05) is 296 Å². The van der Waals surface area contributed by atoms with E-state index >= 15 is 0 Å². The predicted molar refractivity (Wildman–Crippen MR) is 552 cm³/mol. The highest BCUT2D eigenvalue weighted by molar-refractivity contribution is 7.00. The van der Waals surface area contributed by atoms with Crippen molar-refractivity contribution >= 4 is 157 Å². The molecule has 0 spiro atoms. The fourth-order valence-electron chi connectivity index (χ4n) is 21.1. The molecule has 132 heavy (non-hydrogen) atoms. The topological polar surface area (TPSA) is 46.2 Å². The van der Waals surface area contributed by atoms with E-state index in [0.717, 1.165) is 139 Å². The minimum atomic E-state index is -1.27. The molecule has 26 rings (SSSR count). The molecular weight excluding hydrogens is 1610 g/mol. The van der Waals surface area contributed by atoms with Crippen LogP contribution in [0.5, 0.6) is 23.0 Å². The molecule has 3 aromatic heterocycles. The molecule has 0 N–H and O–H groups in total. The number of nitrogens with zero attached hydrogens (tertiary/aromatic N) is 7. The lowest BCUT2D eigenvalue weighted by Crippen LogP contribution is -2.61. The van der Waals surface area contributed by atoms with Gasteiger partial charge in [0.1, 0.15) is 0 Å². The molecule has 0 atom stereocenters. The summed E-state index contributed by atoms with van der Waals surface area (Å²) in [6.45, 7) is 12.2. The van der Waals surface area contributed by atoms with Crippen molar-refractivity contribution in [2.75, 3.05) is 19.6 Å². The van der Waals surface area contributed by atoms with E-state index < -0.39 is 17.5 Å². The van der Waals surface area contributed by atoms with Crippen LogP contribution in [-0.2, 0) is 10.8 Å². The third-order valence-corrected chi connectivity index (χ3v) is 27.2. The SMILES string of the molecule is [2H]c1c([2H])c(-n2c3ccccc3c3cc(N4c5ccccc5Oc5ccccc54)ccc32)c([2H])c2c1B1c3c(cc(-n4c5ccccc5c5ccccc54)cc3N(c3c(-c4ccccc4)cc(C(C)(C)C)cc3-c3ccccc3)c3c([2H])c(-n4c5ccccc5c5cc(N6c7ccccc7Oc7ccccc76)ccc54)c([2H])c([2H])c31)N2c1c(-c2ccccc2)cc(C(C)(C)C)cc1-c1ccccc1. The normalized spacial score (nSPS) is 13.8. The Morgan fingerprint density at radius 2 is 0.515 bits per heavy atom. The minimum absolute atomic E-state index is 0.0605. The number of hydrogen-bond donors (Lipinski definition) is 0. The molecule has 4 aliphatic rings. The molecule has 0 saturated heterocycles. The average molecular weight is 1700 g/mol. The molecule has 7 heterocycles. The van der Waals surface area contributed by atoms with E-state index in [9.17, 15) is 8.22 Å². The van der Waals surface area contributed by atoms with Gasteiger partial charge in [-0.15, -0.1) is 0 Å². The fraction of sp³-hybridized carbons (Fsp3) is 0.0656. The highest BCUT2D eigenvalue weighted by Crippen LogP contribution is 2.59. The van der Waals surface area contributed by atoms with Crippen LogP contribution in [0.3, 0.4) is 0 Å². The van der Waals surface area contributed by atoms with Gasteiger partial charge in [0, 0.05) is 100 Å². The Labute approximate surface area is 775 Å². The summed E-state index contributed by atoms with van der Waals surface area (Å²) < 4.78 is 91.3. The number of hydrogen-bond acceptors (Lipinski definition) is 6. The zero-order valence-corrected chi connectivity index (χ0v) is 73.5. The lowest BCUT2D eigenvalue weighted by atomic mass is 9.33. The number of aromatic nitrogens is 3. The number of anilines is 12. The number of para-hydroxylation sites is 12. The highest BCUT2D eigenvalue weighted by atomic mass is 16.5. The maximum absolute atomic E-state index is 12.3. The van der Waals surface area contributed by atoms with Crippen LogP contribution in [0, 0.1) is 0 Å². The van der Waals surface area contributed by atoms with E-state index in [1.54, 1.807) is 0 Å². The Morgan fingerprint density at radius 3 is 0.841 bits per heavy atom. The zero-order chi connectivity index (χ0) is 93.2. The van der Waals surface area contributed by atoms with Crippen LogP contribution in [-0.4, -0.2) is 20.4 Å². The van der Waals surface area contributed by atoms with Gasteiger partial charge in [-0.3, -0.25) is 0 Å². The van der Waals surface area contributed by atoms with E-state index in [1.807, 2.05) is 130 Å². The second-order valence-electron chi connectivity index (χ2n) is 37.0. The third-order valence-electron chi connectivity index (χ3n) is 27.2. The standard InChI is InChI=1S/C122H88BN7O2/c1-121(2,3)81-67-92(77-35-11-7-12-36-77)119(93(68-81)78-37-13-8-14-38-78)129-110-73-85(124-102-49-25-21-45-90(102)96-71-83(61-65-104(96)124)126-106-51-27-31-55-114(106)131-115-56-32-28-52-107(115)126)59-63-98(110)123-99-64-60-86(125-103-50-26-22-46-91(103)97-72-84(62-66-105(97)125)127-108-53-29-33-57-116(108)132-117-58-34-30-54-109(117)127)74-111(99)130(113-76-87(75-112(129)118(113)123)128-100-47-23-19-43-88(100)89-44-20-24-48-101(89)128)120-94(79-39-15-9-16-40-79)69-82(122(4,5)6)70-95(120)80-41-17-10-18-42-80/h7-76H,1-6H3/i59D,60D,63D,64D,73D,74D. The summed E-state index contributed by atoms with van der Waals surface area (Å²) in [6, 6.07) is 134. The molecule has 4 aliphatic heterocycles. The van der Waals surface area contributed by atoms with Gasteiger partial charge in [0.05, 0.1) is 81.1 Å². The van der Waals surface area contributed by atoms with Crippen LogP contribution in [0.15, 0.2) is 425 Å². The summed E-state index contributed by atoms with van der Waals surface area (Å²) in [7, 11) is 0. The summed E-state index contributed by atoms with van der Waals surface area (Å²) in [5.41, 5.74) is 23.6. The van der Waals surface area contributed by atoms with Gasteiger partial charge in [0.15, 0.2) is 23.0 Å². The Morgan fingerprint density at radius 1 is 0.235 bits per heavy atom. The fourth-order valence-corrected chi connectivity index (χ4v) is 21.1. The molecule has 0 fully saturated rings. The first kappa shape index (κ1) is 70.5. The lowest BCUT2D eigenvalue weighted by Gasteiger charge is -2.46. The van der Waals surface area contributed by atoms with Crippen molar-refractivity contribution in [3.63, 3.8) is 0 Å². The van der Waals surface area contributed by atoms with Crippen molar-refractivity contribution in [3.05, 3.63) is 436 Å². The molecule has 0 aliphatic carbocycles. The quantitative estimate of drug-likeness (QED) is 0.120. The molecule has 19 aromatic carbocycles. The van der Waals surface area contributed by atoms with E-state index in [1.165, 1.54) is 0 Å². The second-order valence-corrected chi connectivity index (χ2v) is 37.0. The van der Waals surface area contributed by atoms with Crippen LogP contribution in [0.1, 0.15) is 60.9 Å². The molecule has 0 radical (unpaired) electrons. The highest BCUT2D eigenvalue weighted by Gasteiger charge is 2.47. The summed E-state index contributed by atoms with van der Waals surface area (Å²) in [5, 5.41) is 5.50. The summed E-state index contributed by atoms with van der Waals surface area (Å²) in [6.07, 6.45) is 0. The van der Waals surface area contributed by atoms with Crippen LogP contribution in [0.2, 0.25) is 0 Å². The molecule has 0 amide bonds. The van der Waals surface area contributed by atoms with Crippen molar-refractivity contribution in [2.45, 2.75) is 52.4 Å². The Hall–Kier alpha value is -16.6. The van der Waals surface area contributed by atoms with E-state index in [0.29, 0.717) is 84.7 Å². The molecule has 0 bridgehead atoms. The number of ether oxygens (including phenoxy) is 2. The third kappa shape index (κ3) is 11.9. The first-order valence-electron chi connectivity index (χ1n) is 48.3. The molecule has 626 valence electrons. The second kappa shape index (κ2) is 29.5. The van der Waals surface area contributed by atoms with Gasteiger partial charge in [0.25, 0.3) is 6.71 Å². The van der Waals surface area contributed by atoms with E-state index in [2.05, 4.69) is 333 Å². The van der Waals surface area contributed by atoms with Crippen molar-refractivity contribution in [1.29, 1.82) is 0 Å². The van der Waals surface area contributed by atoms with E-state index in [-0.39, 0.29) is 58.6 Å². The van der Waals surface area contributed by atoms with Gasteiger partial charge in [-0.2, -0.15) is 0 Å². The smallest absolute Gasteiger partial charge is 0.252 e. The van der Waals surface area contributed by atoms with Gasteiger partial charge >= 0.3 is 0 Å². The molecule has 10 heteroatoms. The maximum atomic E-state index is 12.3. The maximum Gasteiger partial charge on any atom is 0.252 e. The van der Waals surface area contributed by atoms with Gasteiger partial charge < -0.3 is 42.8 Å². The van der Waals surface area contributed by atoms with Gasteiger partial charge in [-0.05, 0) is 230 Å². The lowest BCUT2D eigenvalue weighted by molar-refractivity contribution is 0.477. The van der Waals surface area contributed by atoms with Crippen LogP contribution in [0.25, 0.3) is 127 Å². The Bertz CT molecular complexity index is 8210. The predicted octanol–water partition coefficient (Wildman–Crippen LogP) is 31.5. The van der Waals surface area contributed by atoms with Gasteiger partial charge in [0.2, 0.25) is 0 Å². The first-order chi connectivity index (χ1) is 67.3. The molecule has 0 unspecified atom stereocenters. The molecule has 9 nitrogen and oxygen atoms in total.